The molecule has 1 aromatic rings. The normalized spacial score (nSPS) is 13.6. The Morgan fingerprint density at radius 2 is 2.00 bits per heavy atom. The number of nitrogens with one attached hydrogen (secondary N) is 1. The first kappa shape index (κ1) is 14.8. The van der Waals surface area contributed by atoms with Crippen LogP contribution in [-0.2, 0) is 9.84 Å². The summed E-state index contributed by atoms with van der Waals surface area (Å²) < 4.78 is 22.3. The second-order valence-corrected chi connectivity index (χ2v) is 6.95. The second-order valence-electron chi connectivity index (χ2n) is 3.90. The van der Waals surface area contributed by atoms with Crippen LogP contribution in [0.1, 0.15) is 18.0 Å². The summed E-state index contributed by atoms with van der Waals surface area (Å²) in [7, 11) is -1.21. The number of hydrogen-bond donors (Lipinski definition) is 1. The van der Waals surface area contributed by atoms with E-state index in [9.17, 15) is 8.42 Å². The van der Waals surface area contributed by atoms with E-state index >= 15 is 0 Å². The fourth-order valence-corrected chi connectivity index (χ4v) is 2.68. The summed E-state index contributed by atoms with van der Waals surface area (Å²) >= 11 is 12.0. The lowest BCUT2D eigenvalue weighted by Gasteiger charge is -2.18. The lowest BCUT2D eigenvalue weighted by molar-refractivity contribution is 0.559. The van der Waals surface area contributed by atoms with Crippen molar-refractivity contribution in [2.75, 3.05) is 19.1 Å². The van der Waals surface area contributed by atoms with Crippen LogP contribution in [0.2, 0.25) is 10.0 Å². The van der Waals surface area contributed by atoms with Gasteiger partial charge >= 0.3 is 0 Å². The fraction of sp³-hybridized carbons (Fsp3) is 0.455. The van der Waals surface area contributed by atoms with Crippen molar-refractivity contribution in [3.63, 3.8) is 0 Å². The largest absolute Gasteiger partial charge is 0.313 e. The van der Waals surface area contributed by atoms with Gasteiger partial charge in [0, 0.05) is 12.3 Å². The standard InChI is InChI=1S/C11H15Cl2NO2S/c1-14-10(6-7-17(2,15)16)8-4-3-5-9(12)11(8)13/h3-5,10,14H,6-7H2,1-2H3. The van der Waals surface area contributed by atoms with Gasteiger partial charge in [0.25, 0.3) is 0 Å². The van der Waals surface area contributed by atoms with Crippen LogP contribution in [0.3, 0.4) is 0 Å². The van der Waals surface area contributed by atoms with E-state index in [1.807, 2.05) is 6.07 Å². The minimum Gasteiger partial charge on any atom is -0.313 e. The van der Waals surface area contributed by atoms with Crippen molar-refractivity contribution >= 4 is 33.0 Å². The van der Waals surface area contributed by atoms with Gasteiger partial charge in [-0.1, -0.05) is 35.3 Å². The number of hydrogen-bond acceptors (Lipinski definition) is 3. The van der Waals surface area contributed by atoms with E-state index in [-0.39, 0.29) is 11.8 Å². The van der Waals surface area contributed by atoms with Crippen LogP contribution >= 0.6 is 23.2 Å². The first-order chi connectivity index (χ1) is 7.85. The highest BCUT2D eigenvalue weighted by Crippen LogP contribution is 2.31. The number of benzene rings is 1. The third-order valence-electron chi connectivity index (χ3n) is 2.48. The molecule has 1 atom stereocenters. The van der Waals surface area contributed by atoms with Gasteiger partial charge in [0.2, 0.25) is 0 Å². The summed E-state index contributed by atoms with van der Waals surface area (Å²) in [4.78, 5) is 0. The molecule has 0 aliphatic carbocycles. The minimum atomic E-state index is -2.98. The molecule has 1 unspecified atom stereocenters. The van der Waals surface area contributed by atoms with Crippen LogP contribution < -0.4 is 5.32 Å². The first-order valence-corrected chi connectivity index (χ1v) is 7.95. The molecule has 1 rings (SSSR count). The van der Waals surface area contributed by atoms with Crippen LogP contribution in [0.25, 0.3) is 0 Å². The summed E-state index contributed by atoms with van der Waals surface area (Å²) in [5.41, 5.74) is 0.824. The summed E-state index contributed by atoms with van der Waals surface area (Å²) in [6, 6.07) is 5.23. The molecule has 3 nitrogen and oxygen atoms in total. The monoisotopic (exact) mass is 295 g/mol. The molecule has 0 aliphatic rings. The van der Waals surface area contributed by atoms with Crippen LogP contribution in [0.15, 0.2) is 18.2 Å². The van der Waals surface area contributed by atoms with Gasteiger partial charge in [-0.05, 0) is 25.1 Å². The Labute approximate surface area is 112 Å². The van der Waals surface area contributed by atoms with Crippen molar-refractivity contribution in [1.82, 2.24) is 5.32 Å². The summed E-state index contributed by atoms with van der Waals surface area (Å²) in [5.74, 6) is 0.112. The molecule has 0 spiro atoms. The molecule has 0 fully saturated rings. The van der Waals surface area contributed by atoms with Gasteiger partial charge in [-0.3, -0.25) is 0 Å². The van der Waals surface area contributed by atoms with Gasteiger partial charge in [0.1, 0.15) is 9.84 Å². The van der Waals surface area contributed by atoms with Crippen molar-refractivity contribution in [2.24, 2.45) is 0 Å². The number of sulfone groups is 1. The Bertz CT molecular complexity index is 488. The summed E-state index contributed by atoms with van der Waals surface area (Å²) in [6.45, 7) is 0. The van der Waals surface area contributed by atoms with E-state index in [0.717, 1.165) is 5.56 Å². The predicted molar refractivity (Wildman–Crippen MR) is 72.6 cm³/mol. The summed E-state index contributed by atoms with van der Waals surface area (Å²) in [5, 5.41) is 4.00. The zero-order chi connectivity index (χ0) is 13.1. The van der Waals surface area contributed by atoms with Crippen LogP contribution in [-0.4, -0.2) is 27.5 Å². The van der Waals surface area contributed by atoms with Gasteiger partial charge in [-0.2, -0.15) is 0 Å². The minimum absolute atomic E-state index is 0.112. The molecule has 0 aliphatic heterocycles. The topological polar surface area (TPSA) is 46.2 Å². The molecule has 1 N–H and O–H groups in total. The van der Waals surface area contributed by atoms with Crippen LogP contribution in [0, 0.1) is 0 Å². The van der Waals surface area contributed by atoms with E-state index in [1.54, 1.807) is 19.2 Å². The maximum atomic E-state index is 11.1. The molecule has 0 saturated carbocycles. The molecule has 0 heterocycles. The average molecular weight is 296 g/mol. The molecule has 96 valence electrons. The number of halogens is 2. The van der Waals surface area contributed by atoms with E-state index in [4.69, 9.17) is 23.2 Å². The zero-order valence-corrected chi connectivity index (χ0v) is 12.0. The van der Waals surface area contributed by atoms with Crippen LogP contribution in [0.4, 0.5) is 0 Å². The zero-order valence-electron chi connectivity index (χ0n) is 9.70. The predicted octanol–water partition coefficient (Wildman–Crippen LogP) is 2.69. The Morgan fingerprint density at radius 3 is 2.53 bits per heavy atom. The van der Waals surface area contributed by atoms with Crippen molar-refractivity contribution in [2.45, 2.75) is 12.5 Å². The van der Waals surface area contributed by atoms with E-state index in [0.29, 0.717) is 16.5 Å². The first-order valence-electron chi connectivity index (χ1n) is 5.14. The maximum Gasteiger partial charge on any atom is 0.147 e. The molecule has 17 heavy (non-hydrogen) atoms. The van der Waals surface area contributed by atoms with Crippen molar-refractivity contribution in [3.05, 3.63) is 33.8 Å². The van der Waals surface area contributed by atoms with Gasteiger partial charge < -0.3 is 5.32 Å². The summed E-state index contributed by atoms with van der Waals surface area (Å²) in [6.07, 6.45) is 1.69. The lowest BCUT2D eigenvalue weighted by Crippen LogP contribution is -2.20. The molecule has 6 heteroatoms. The highest BCUT2D eigenvalue weighted by Gasteiger charge is 2.16. The highest BCUT2D eigenvalue weighted by atomic mass is 35.5. The molecule has 0 bridgehead atoms. The van der Waals surface area contributed by atoms with Gasteiger partial charge in [-0.25, -0.2) is 8.42 Å². The highest BCUT2D eigenvalue weighted by molar-refractivity contribution is 7.90. The third kappa shape index (κ3) is 4.47. The average Bonchev–Trinajstić information content (AvgIpc) is 2.23. The Kier molecular flexibility index (Phi) is 5.25. The smallest absolute Gasteiger partial charge is 0.147 e. The van der Waals surface area contributed by atoms with E-state index in [1.165, 1.54) is 6.26 Å². The van der Waals surface area contributed by atoms with E-state index < -0.39 is 9.84 Å². The SMILES string of the molecule is CNC(CCS(C)(=O)=O)c1cccc(Cl)c1Cl. The molecular formula is C11H15Cl2NO2S. The fourth-order valence-electron chi connectivity index (χ4n) is 1.58. The Balaban J connectivity index is 2.90. The van der Waals surface area contributed by atoms with Gasteiger partial charge in [0.05, 0.1) is 15.8 Å². The van der Waals surface area contributed by atoms with Crippen LogP contribution in [0.5, 0.6) is 0 Å². The molecule has 0 amide bonds. The van der Waals surface area contributed by atoms with Crippen molar-refractivity contribution in [3.8, 4) is 0 Å². The Hall–Kier alpha value is -0.290. The Morgan fingerprint density at radius 1 is 1.35 bits per heavy atom. The van der Waals surface area contributed by atoms with Crippen molar-refractivity contribution < 1.29 is 8.42 Å². The quantitative estimate of drug-likeness (QED) is 0.908. The van der Waals surface area contributed by atoms with Crippen molar-refractivity contribution in [1.29, 1.82) is 0 Å². The van der Waals surface area contributed by atoms with Gasteiger partial charge in [0.15, 0.2) is 0 Å². The maximum absolute atomic E-state index is 11.1. The van der Waals surface area contributed by atoms with E-state index in [2.05, 4.69) is 5.32 Å². The third-order valence-corrected chi connectivity index (χ3v) is 4.29. The second kappa shape index (κ2) is 6.05. The molecule has 0 radical (unpaired) electrons. The molecule has 0 saturated heterocycles. The van der Waals surface area contributed by atoms with Gasteiger partial charge in [-0.15, -0.1) is 0 Å². The lowest BCUT2D eigenvalue weighted by atomic mass is 10.0. The molecule has 1 aromatic carbocycles. The number of rotatable bonds is 5. The molecule has 0 aromatic heterocycles. The molecular weight excluding hydrogens is 281 g/mol.